The molecule has 0 saturated heterocycles. The lowest BCUT2D eigenvalue weighted by Gasteiger charge is -2.07. The normalized spacial score (nSPS) is 10.7. The highest BCUT2D eigenvalue weighted by atomic mass is 32.1. The van der Waals surface area contributed by atoms with Gasteiger partial charge in [-0.1, -0.05) is 56.9 Å². The molecular weight excluding hydrogens is 424 g/mol. The molecule has 0 atom stereocenters. The molecule has 2 aromatic carbocycles. The molecule has 0 saturated carbocycles. The van der Waals surface area contributed by atoms with Crippen LogP contribution in [-0.4, -0.2) is 31.6 Å². The van der Waals surface area contributed by atoms with Crippen molar-refractivity contribution in [3.05, 3.63) is 64.9 Å². The zero-order valence-electron chi connectivity index (χ0n) is 18.2. The number of hydrogen-bond acceptors (Lipinski definition) is 5. The van der Waals surface area contributed by atoms with Crippen LogP contribution >= 0.6 is 12.2 Å². The topological polar surface area (TPSA) is 93.8 Å². The van der Waals surface area contributed by atoms with Crippen molar-refractivity contribution in [2.24, 2.45) is 0 Å². The highest BCUT2D eigenvalue weighted by molar-refractivity contribution is 7.71. The number of hydrogen-bond donors (Lipinski definition) is 2. The van der Waals surface area contributed by atoms with Crippen LogP contribution in [-0.2, 0) is 11.5 Å². The Morgan fingerprint density at radius 3 is 2.53 bits per heavy atom. The number of nitrogens with zero attached hydrogens (tertiary/aromatic N) is 4. The third-order valence-corrected chi connectivity index (χ3v) is 5.33. The first-order valence-electron chi connectivity index (χ1n) is 10.8. The molecule has 0 aliphatic carbocycles. The minimum Gasteiger partial charge on any atom is -0.333 e. The summed E-state index contributed by atoms with van der Waals surface area (Å²) >= 11 is 5.46. The van der Waals surface area contributed by atoms with Gasteiger partial charge in [0.15, 0.2) is 0 Å². The van der Waals surface area contributed by atoms with Gasteiger partial charge in [0.05, 0.1) is 5.69 Å². The molecule has 3 aromatic rings. The molecule has 2 amide bonds. The van der Waals surface area contributed by atoms with E-state index in [1.54, 1.807) is 30.3 Å². The maximum Gasteiger partial charge on any atom is 0.252 e. The summed E-state index contributed by atoms with van der Waals surface area (Å²) in [4.78, 5) is 24.4. The summed E-state index contributed by atoms with van der Waals surface area (Å²) in [6.45, 7) is 2.27. The van der Waals surface area contributed by atoms with Crippen molar-refractivity contribution >= 4 is 29.7 Å². The highest BCUT2D eigenvalue weighted by Gasteiger charge is 2.10. The third kappa shape index (κ3) is 6.58. The zero-order valence-corrected chi connectivity index (χ0v) is 19.0. The van der Waals surface area contributed by atoms with Crippen LogP contribution in [0, 0.1) is 4.77 Å². The average Bonchev–Trinajstić information content (AvgIpc) is 3.18. The van der Waals surface area contributed by atoms with Gasteiger partial charge in [0.1, 0.15) is 6.67 Å². The molecule has 1 aromatic heterocycles. The van der Waals surface area contributed by atoms with E-state index in [4.69, 9.17) is 12.2 Å². The zero-order chi connectivity index (χ0) is 22.8. The summed E-state index contributed by atoms with van der Waals surface area (Å²) in [5.41, 5.74) is 1.91. The summed E-state index contributed by atoms with van der Waals surface area (Å²) in [5, 5.41) is 13.8. The van der Waals surface area contributed by atoms with E-state index >= 15 is 0 Å². The molecule has 3 rings (SSSR count). The Morgan fingerprint density at radius 2 is 1.75 bits per heavy atom. The molecule has 2 N–H and O–H groups in total. The van der Waals surface area contributed by atoms with E-state index < -0.39 is 0 Å². The van der Waals surface area contributed by atoms with Crippen LogP contribution in [0.4, 0.5) is 5.69 Å². The molecule has 0 aliphatic heterocycles. The number of amides is 2. The highest BCUT2D eigenvalue weighted by Crippen LogP contribution is 2.15. The Labute approximate surface area is 192 Å². The molecule has 0 radical (unpaired) electrons. The Kier molecular flexibility index (Phi) is 8.68. The van der Waals surface area contributed by atoms with Gasteiger partial charge in [0, 0.05) is 17.7 Å². The molecule has 0 spiro atoms. The van der Waals surface area contributed by atoms with E-state index in [1.807, 2.05) is 24.3 Å². The first-order valence-corrected chi connectivity index (χ1v) is 11.3. The van der Waals surface area contributed by atoms with Gasteiger partial charge in [0.2, 0.25) is 10.7 Å². The van der Waals surface area contributed by atoms with Crippen LogP contribution in [0.3, 0.4) is 0 Å². The predicted molar refractivity (Wildman–Crippen MR) is 126 cm³/mol. The average molecular weight is 453 g/mol. The maximum atomic E-state index is 12.2. The number of anilines is 1. The summed E-state index contributed by atoms with van der Waals surface area (Å²) in [6.07, 6.45) is 6.02. The summed E-state index contributed by atoms with van der Waals surface area (Å²) in [5.74, 6) is -0.226. The number of tetrazole rings is 1. The predicted octanol–water partition coefficient (Wildman–Crippen LogP) is 4.48. The van der Waals surface area contributed by atoms with Crippen molar-refractivity contribution in [1.29, 1.82) is 0 Å². The fourth-order valence-electron chi connectivity index (χ4n) is 3.20. The number of nitrogens with one attached hydrogen (secondary N) is 2. The van der Waals surface area contributed by atoms with Crippen molar-refractivity contribution in [3.8, 4) is 5.69 Å². The molecule has 32 heavy (non-hydrogen) atoms. The largest absolute Gasteiger partial charge is 0.333 e. The molecule has 0 unspecified atom stereocenters. The number of rotatable bonds is 11. The second kappa shape index (κ2) is 11.9. The number of carbonyl (C=O) groups is 2. The second-order valence-electron chi connectivity index (χ2n) is 7.47. The van der Waals surface area contributed by atoms with Crippen molar-refractivity contribution in [2.75, 3.05) is 5.32 Å². The minimum absolute atomic E-state index is 0.00507. The Hall–Kier alpha value is -3.33. The standard InChI is InChI=1S/C23H28N6O2S/c1-2-3-4-5-9-15-21(30)25-19-13-10-14-20(16-19)29-23(32)28(26-27-29)17-24-22(31)18-11-7-6-8-12-18/h6-8,10-14,16H,2-5,9,15,17H2,1H3,(H,24,31)(H,25,30). The van der Waals surface area contributed by atoms with Gasteiger partial charge in [0.25, 0.3) is 5.91 Å². The lowest BCUT2D eigenvalue weighted by atomic mass is 10.1. The van der Waals surface area contributed by atoms with Gasteiger partial charge < -0.3 is 10.6 Å². The number of unbranched alkanes of at least 4 members (excludes halogenated alkanes) is 4. The number of carbonyl (C=O) groups excluding carboxylic acids is 2. The summed E-state index contributed by atoms with van der Waals surface area (Å²) in [6, 6.07) is 16.2. The molecule has 0 fully saturated rings. The smallest absolute Gasteiger partial charge is 0.252 e. The van der Waals surface area contributed by atoms with Crippen LogP contribution < -0.4 is 10.6 Å². The van der Waals surface area contributed by atoms with E-state index in [-0.39, 0.29) is 18.5 Å². The van der Waals surface area contributed by atoms with Gasteiger partial charge in [-0.2, -0.15) is 9.36 Å². The fourth-order valence-corrected chi connectivity index (χ4v) is 3.44. The van der Waals surface area contributed by atoms with Gasteiger partial charge in [-0.25, -0.2) is 0 Å². The lowest BCUT2D eigenvalue weighted by molar-refractivity contribution is -0.116. The van der Waals surface area contributed by atoms with Crippen molar-refractivity contribution in [3.63, 3.8) is 0 Å². The first kappa shape index (κ1) is 23.3. The van der Waals surface area contributed by atoms with Gasteiger partial charge >= 0.3 is 0 Å². The van der Waals surface area contributed by atoms with E-state index in [0.29, 0.717) is 28.1 Å². The maximum absolute atomic E-state index is 12.2. The molecule has 0 bridgehead atoms. The summed E-state index contributed by atoms with van der Waals surface area (Å²) < 4.78 is 3.25. The number of benzene rings is 2. The SMILES string of the molecule is CCCCCCCC(=O)Nc1cccc(-n2nnn(CNC(=O)c3ccccc3)c2=S)c1. The monoisotopic (exact) mass is 452 g/mol. The van der Waals surface area contributed by atoms with Crippen LogP contribution in [0.2, 0.25) is 0 Å². The Morgan fingerprint density at radius 1 is 0.969 bits per heavy atom. The second-order valence-corrected chi connectivity index (χ2v) is 7.83. The van der Waals surface area contributed by atoms with E-state index in [2.05, 4.69) is 28.0 Å². The van der Waals surface area contributed by atoms with E-state index in [0.717, 1.165) is 12.8 Å². The Balaban J connectivity index is 1.59. The van der Waals surface area contributed by atoms with Crippen molar-refractivity contribution in [1.82, 2.24) is 25.1 Å². The van der Waals surface area contributed by atoms with Crippen LogP contribution in [0.15, 0.2) is 54.6 Å². The van der Waals surface area contributed by atoms with Crippen LogP contribution in [0.25, 0.3) is 5.69 Å². The van der Waals surface area contributed by atoms with E-state index in [9.17, 15) is 9.59 Å². The first-order chi connectivity index (χ1) is 15.6. The molecule has 8 nitrogen and oxygen atoms in total. The fraction of sp³-hybridized carbons (Fsp3) is 0.348. The molecule has 1 heterocycles. The van der Waals surface area contributed by atoms with Gasteiger partial charge in [-0.05, 0) is 59.4 Å². The quantitative estimate of drug-likeness (QED) is 0.330. The van der Waals surface area contributed by atoms with Crippen molar-refractivity contribution < 1.29 is 9.59 Å². The van der Waals surface area contributed by atoms with Gasteiger partial charge in [-0.3, -0.25) is 9.59 Å². The van der Waals surface area contributed by atoms with Gasteiger partial charge in [-0.15, -0.1) is 0 Å². The Bertz CT molecular complexity index is 1090. The third-order valence-electron chi connectivity index (χ3n) is 4.95. The van der Waals surface area contributed by atoms with Crippen molar-refractivity contribution in [2.45, 2.75) is 52.1 Å². The molecule has 168 valence electrons. The number of aromatic nitrogens is 4. The minimum atomic E-state index is -0.221. The molecular formula is C23H28N6O2S. The van der Waals surface area contributed by atoms with Crippen LogP contribution in [0.1, 0.15) is 55.8 Å². The van der Waals surface area contributed by atoms with E-state index in [1.165, 1.54) is 28.6 Å². The molecule has 9 heteroatoms. The summed E-state index contributed by atoms with van der Waals surface area (Å²) in [7, 11) is 0. The van der Waals surface area contributed by atoms with Crippen LogP contribution in [0.5, 0.6) is 0 Å². The lowest BCUT2D eigenvalue weighted by Crippen LogP contribution is -2.26. The molecule has 0 aliphatic rings.